The van der Waals surface area contributed by atoms with Crippen molar-refractivity contribution in [2.75, 3.05) is 4.90 Å². The molecule has 1 fully saturated rings. The van der Waals surface area contributed by atoms with Crippen LogP contribution in [-0.4, -0.2) is 21.5 Å². The van der Waals surface area contributed by atoms with Gasteiger partial charge in [-0.05, 0) is 52.8 Å². The van der Waals surface area contributed by atoms with E-state index in [-0.39, 0.29) is 20.7 Å². The number of aromatic nitrogens is 1. The number of anilines is 1. The summed E-state index contributed by atoms with van der Waals surface area (Å²) in [4.78, 5) is 27.7. The molecule has 2 amide bonds. The molecule has 38 heavy (non-hydrogen) atoms. The van der Waals surface area contributed by atoms with E-state index < -0.39 is 11.8 Å². The topological polar surface area (TPSA) is 54.3 Å². The van der Waals surface area contributed by atoms with Gasteiger partial charge in [0.25, 0.3) is 11.8 Å². The maximum Gasteiger partial charge on any atom is 0.270 e. The lowest BCUT2D eigenvalue weighted by Gasteiger charge is -2.29. The second-order valence-corrected chi connectivity index (χ2v) is 10.1. The van der Waals surface area contributed by atoms with Gasteiger partial charge in [0.2, 0.25) is 0 Å². The fourth-order valence-electron chi connectivity index (χ4n) is 4.83. The highest BCUT2D eigenvalue weighted by Gasteiger charge is 2.36. The van der Waals surface area contributed by atoms with E-state index >= 15 is 0 Å². The van der Waals surface area contributed by atoms with Gasteiger partial charge in [-0.1, -0.05) is 89.9 Å². The lowest BCUT2D eigenvalue weighted by molar-refractivity contribution is -0.122. The molecule has 2 heterocycles. The Balaban J connectivity index is 1.44. The Morgan fingerprint density at radius 2 is 1.55 bits per heavy atom. The molecule has 8 heteroatoms. The minimum Gasteiger partial charge on any atom is -0.342 e. The van der Waals surface area contributed by atoms with E-state index in [9.17, 15) is 9.59 Å². The summed E-state index contributed by atoms with van der Waals surface area (Å²) in [5, 5.41) is 6.27. The van der Waals surface area contributed by atoms with Gasteiger partial charge in [0.05, 0.1) is 15.7 Å². The number of para-hydroxylation sites is 1. The lowest BCUT2D eigenvalue weighted by atomic mass is 10.0. The SMILES string of the molecule is O=C1NC(=S)N(c2cccc(Cl)c2Cl)C(=O)/C1=C/c1cn(Cc2cccc3ccccc23)c2ccccc12. The first-order valence-electron chi connectivity index (χ1n) is 11.8. The van der Waals surface area contributed by atoms with Crippen molar-refractivity contribution in [1.29, 1.82) is 0 Å². The van der Waals surface area contributed by atoms with Crippen LogP contribution in [0.2, 0.25) is 10.0 Å². The van der Waals surface area contributed by atoms with Crippen LogP contribution in [0.4, 0.5) is 5.69 Å². The van der Waals surface area contributed by atoms with Gasteiger partial charge in [0, 0.05) is 29.2 Å². The standard InChI is InChI=1S/C30H19Cl2N3O2S/c31-24-12-6-14-26(27(24)32)35-29(37)23(28(36)33-30(35)38)15-20-17-34(25-13-4-3-11-22(20)25)16-19-9-5-8-18-7-1-2-10-21(18)19/h1-15,17H,16H2,(H,33,36,38)/b23-15+. The number of hydrogen-bond acceptors (Lipinski definition) is 3. The molecule has 0 bridgehead atoms. The first kappa shape index (κ1) is 24.4. The van der Waals surface area contributed by atoms with E-state index in [4.69, 9.17) is 35.4 Å². The van der Waals surface area contributed by atoms with E-state index in [1.165, 1.54) is 21.2 Å². The van der Waals surface area contributed by atoms with E-state index in [2.05, 4.69) is 40.2 Å². The van der Waals surface area contributed by atoms with Gasteiger partial charge in [0.15, 0.2) is 5.11 Å². The van der Waals surface area contributed by atoms with E-state index in [0.29, 0.717) is 12.2 Å². The third kappa shape index (κ3) is 4.17. The van der Waals surface area contributed by atoms with Gasteiger partial charge in [0.1, 0.15) is 5.57 Å². The Labute approximate surface area is 233 Å². The maximum absolute atomic E-state index is 13.6. The smallest absolute Gasteiger partial charge is 0.270 e. The van der Waals surface area contributed by atoms with Crippen molar-refractivity contribution in [2.45, 2.75) is 6.54 Å². The van der Waals surface area contributed by atoms with Crippen molar-refractivity contribution >= 4 is 85.8 Å². The Bertz CT molecular complexity index is 1820. The first-order valence-corrected chi connectivity index (χ1v) is 13.0. The Kier molecular flexibility index (Phi) is 6.24. The summed E-state index contributed by atoms with van der Waals surface area (Å²) in [6.45, 7) is 0.625. The third-order valence-corrected chi connectivity index (χ3v) is 7.71. The molecule has 1 aliphatic rings. The number of amides is 2. The number of hydrogen-bond donors (Lipinski definition) is 1. The molecule has 0 spiro atoms. The molecule has 1 N–H and O–H groups in total. The molecule has 186 valence electrons. The molecule has 5 aromatic rings. The van der Waals surface area contributed by atoms with Crippen LogP contribution in [0, 0.1) is 0 Å². The zero-order valence-corrected chi connectivity index (χ0v) is 22.1. The van der Waals surface area contributed by atoms with Gasteiger partial charge in [-0.25, -0.2) is 0 Å². The zero-order chi connectivity index (χ0) is 26.4. The highest BCUT2D eigenvalue weighted by atomic mass is 35.5. The van der Waals surface area contributed by atoms with Crippen molar-refractivity contribution in [1.82, 2.24) is 9.88 Å². The molecule has 1 aromatic heterocycles. The van der Waals surface area contributed by atoms with Crippen LogP contribution < -0.4 is 10.2 Å². The van der Waals surface area contributed by atoms with Crippen LogP contribution >= 0.6 is 35.4 Å². The molecular formula is C30H19Cl2N3O2S. The van der Waals surface area contributed by atoms with E-state index in [1.807, 2.05) is 42.6 Å². The minimum atomic E-state index is -0.575. The Hall–Kier alpha value is -3.97. The van der Waals surface area contributed by atoms with Crippen LogP contribution in [0.1, 0.15) is 11.1 Å². The summed E-state index contributed by atoms with van der Waals surface area (Å²) in [6.07, 6.45) is 3.57. The lowest BCUT2D eigenvalue weighted by Crippen LogP contribution is -2.54. The molecule has 0 saturated carbocycles. The number of rotatable bonds is 4. The molecule has 0 radical (unpaired) electrons. The third-order valence-electron chi connectivity index (χ3n) is 6.61. The van der Waals surface area contributed by atoms with Gasteiger partial charge >= 0.3 is 0 Å². The molecule has 6 rings (SSSR count). The average molecular weight is 556 g/mol. The van der Waals surface area contributed by atoms with Crippen LogP contribution in [0.25, 0.3) is 27.8 Å². The monoisotopic (exact) mass is 555 g/mol. The number of thiocarbonyl (C=S) groups is 1. The number of halogens is 2. The number of nitrogens with one attached hydrogen (secondary N) is 1. The van der Waals surface area contributed by atoms with Gasteiger partial charge < -0.3 is 4.57 Å². The Morgan fingerprint density at radius 3 is 2.39 bits per heavy atom. The predicted molar refractivity (Wildman–Crippen MR) is 158 cm³/mol. The van der Waals surface area contributed by atoms with E-state index in [0.717, 1.165) is 16.5 Å². The predicted octanol–water partition coefficient (Wildman–Crippen LogP) is 6.98. The molecule has 4 aromatic carbocycles. The Morgan fingerprint density at radius 1 is 0.842 bits per heavy atom. The fraction of sp³-hybridized carbons (Fsp3) is 0.0333. The minimum absolute atomic E-state index is 0.0530. The van der Waals surface area contributed by atoms with Crippen LogP contribution in [0.15, 0.2) is 96.7 Å². The largest absolute Gasteiger partial charge is 0.342 e. The summed E-state index contributed by atoms with van der Waals surface area (Å²) in [5.41, 5.74) is 3.15. The van der Waals surface area contributed by atoms with Crippen molar-refractivity contribution in [2.24, 2.45) is 0 Å². The average Bonchev–Trinajstić information content (AvgIpc) is 3.26. The fourth-order valence-corrected chi connectivity index (χ4v) is 5.49. The second-order valence-electron chi connectivity index (χ2n) is 8.90. The van der Waals surface area contributed by atoms with Gasteiger partial charge in [-0.15, -0.1) is 0 Å². The number of carbonyl (C=O) groups excluding carboxylic acids is 2. The number of carbonyl (C=O) groups is 2. The highest BCUT2D eigenvalue weighted by Crippen LogP contribution is 2.35. The maximum atomic E-state index is 13.6. The second kappa shape index (κ2) is 9.72. The van der Waals surface area contributed by atoms with Crippen LogP contribution in [0.5, 0.6) is 0 Å². The van der Waals surface area contributed by atoms with Crippen molar-refractivity contribution in [3.8, 4) is 0 Å². The zero-order valence-electron chi connectivity index (χ0n) is 19.8. The summed E-state index contributed by atoms with van der Waals surface area (Å²) >= 11 is 17.9. The molecule has 1 aliphatic heterocycles. The van der Waals surface area contributed by atoms with Crippen molar-refractivity contribution < 1.29 is 9.59 Å². The van der Waals surface area contributed by atoms with Crippen LogP contribution in [-0.2, 0) is 16.1 Å². The van der Waals surface area contributed by atoms with Crippen molar-refractivity contribution in [3.05, 3.63) is 118 Å². The molecule has 0 atom stereocenters. The summed E-state index contributed by atoms with van der Waals surface area (Å²) in [6, 6.07) is 27.3. The van der Waals surface area contributed by atoms with Crippen LogP contribution in [0.3, 0.4) is 0 Å². The number of nitrogens with zero attached hydrogens (tertiary/aromatic N) is 2. The first-order chi connectivity index (χ1) is 18.4. The summed E-state index contributed by atoms with van der Waals surface area (Å²) < 4.78 is 2.13. The van der Waals surface area contributed by atoms with Gasteiger partial charge in [-0.2, -0.15) is 0 Å². The number of fused-ring (bicyclic) bond motifs is 2. The molecule has 0 unspecified atom stereocenters. The normalized spacial score (nSPS) is 15.1. The quantitative estimate of drug-likeness (QED) is 0.148. The summed E-state index contributed by atoms with van der Waals surface area (Å²) in [5.74, 6) is -1.14. The number of benzene rings is 4. The molecule has 1 saturated heterocycles. The molecule has 5 nitrogen and oxygen atoms in total. The highest BCUT2D eigenvalue weighted by molar-refractivity contribution is 7.80. The van der Waals surface area contributed by atoms with Gasteiger partial charge in [-0.3, -0.25) is 19.8 Å². The molecule has 0 aliphatic carbocycles. The summed E-state index contributed by atoms with van der Waals surface area (Å²) in [7, 11) is 0. The molecular weight excluding hydrogens is 537 g/mol. The van der Waals surface area contributed by atoms with E-state index in [1.54, 1.807) is 24.3 Å². The van der Waals surface area contributed by atoms with Crippen molar-refractivity contribution in [3.63, 3.8) is 0 Å².